The molecule has 0 spiro atoms. The summed E-state index contributed by atoms with van der Waals surface area (Å²) in [6.45, 7) is 1.35. The molecule has 1 heterocycles. The van der Waals surface area contributed by atoms with Gasteiger partial charge in [0.1, 0.15) is 6.04 Å². The Morgan fingerprint density at radius 1 is 0.906 bits per heavy atom. The molecule has 4 nitrogen and oxygen atoms in total. The molecule has 0 aliphatic rings. The maximum atomic E-state index is 13.3. The van der Waals surface area contributed by atoms with Gasteiger partial charge in [0.15, 0.2) is 5.78 Å². The highest BCUT2D eigenvalue weighted by Crippen LogP contribution is 2.36. The van der Waals surface area contributed by atoms with Gasteiger partial charge in [0.25, 0.3) is 5.56 Å². The van der Waals surface area contributed by atoms with E-state index in [0.29, 0.717) is 5.56 Å². The van der Waals surface area contributed by atoms with Gasteiger partial charge in [-0.15, -0.1) is 0 Å². The lowest BCUT2D eigenvalue weighted by Gasteiger charge is -2.16. The van der Waals surface area contributed by atoms with Gasteiger partial charge in [0, 0.05) is 18.1 Å². The van der Waals surface area contributed by atoms with Crippen LogP contribution in [0.1, 0.15) is 29.7 Å². The number of ketones is 1. The topological polar surface area (TPSA) is 52.0 Å². The van der Waals surface area contributed by atoms with Crippen LogP contribution in [0.2, 0.25) is 0 Å². The van der Waals surface area contributed by atoms with Crippen molar-refractivity contribution in [2.24, 2.45) is 0 Å². The highest BCUT2D eigenvalue weighted by molar-refractivity contribution is 5.84. The predicted octanol–water partition coefficient (Wildman–Crippen LogP) is 5.32. The fourth-order valence-electron chi connectivity index (χ4n) is 3.10. The third-order valence-corrected chi connectivity index (χ3v) is 4.83. The minimum absolute atomic E-state index is 0.147. The van der Waals surface area contributed by atoms with Crippen molar-refractivity contribution in [1.29, 1.82) is 0 Å². The second-order valence-corrected chi connectivity index (χ2v) is 7.06. The monoisotopic (exact) mass is 454 g/mol. The molecule has 2 aromatic carbocycles. The van der Waals surface area contributed by atoms with E-state index >= 15 is 0 Å². The lowest BCUT2D eigenvalue weighted by molar-refractivity contribution is -0.138. The van der Waals surface area contributed by atoms with E-state index in [1.165, 1.54) is 25.1 Å². The maximum absolute atomic E-state index is 13.3. The molecule has 168 valence electrons. The molecule has 0 N–H and O–H groups in total. The number of hydrogen-bond acceptors (Lipinski definition) is 3. The molecule has 0 saturated heterocycles. The standard InChI is InChI=1S/C22H16F6N2O2/c1-13(19(31)12-14-6-8-15(9-7-14)21(23,24)25)30-20(32)11-10-18(29-30)16-4-2-3-5-17(16)22(26,27)28/h2-11,13H,12H2,1H3. The van der Waals surface area contributed by atoms with Crippen molar-refractivity contribution in [3.05, 3.63) is 87.7 Å². The number of halogens is 6. The van der Waals surface area contributed by atoms with Gasteiger partial charge in [-0.05, 0) is 36.8 Å². The first-order chi connectivity index (χ1) is 14.9. The molecule has 1 aromatic heterocycles. The van der Waals surface area contributed by atoms with Crippen LogP contribution in [0.3, 0.4) is 0 Å². The molecular formula is C22H16F6N2O2. The first-order valence-corrected chi connectivity index (χ1v) is 9.33. The predicted molar refractivity (Wildman–Crippen MR) is 104 cm³/mol. The number of alkyl halides is 6. The Kier molecular flexibility index (Phi) is 6.25. The van der Waals surface area contributed by atoms with E-state index < -0.39 is 40.9 Å². The van der Waals surface area contributed by atoms with Gasteiger partial charge in [-0.25, -0.2) is 4.68 Å². The molecule has 0 bridgehead atoms. The zero-order chi connectivity index (χ0) is 23.7. The van der Waals surface area contributed by atoms with Gasteiger partial charge in [-0.1, -0.05) is 30.3 Å². The summed E-state index contributed by atoms with van der Waals surface area (Å²) in [4.78, 5) is 24.9. The SMILES string of the molecule is CC(C(=O)Cc1ccc(C(F)(F)F)cc1)n1nc(-c2ccccc2C(F)(F)F)ccc1=O. The lowest BCUT2D eigenvalue weighted by atomic mass is 10.0. The molecule has 10 heteroatoms. The first-order valence-electron chi connectivity index (χ1n) is 9.33. The van der Waals surface area contributed by atoms with Crippen molar-refractivity contribution in [3.63, 3.8) is 0 Å². The van der Waals surface area contributed by atoms with Crippen molar-refractivity contribution >= 4 is 5.78 Å². The summed E-state index contributed by atoms with van der Waals surface area (Å²) in [5, 5.41) is 3.96. The highest BCUT2D eigenvalue weighted by Gasteiger charge is 2.34. The van der Waals surface area contributed by atoms with Gasteiger partial charge in [0.2, 0.25) is 0 Å². The van der Waals surface area contributed by atoms with E-state index in [1.54, 1.807) is 0 Å². The summed E-state index contributed by atoms with van der Waals surface area (Å²) < 4.78 is 78.8. The molecule has 0 fully saturated rings. The zero-order valence-electron chi connectivity index (χ0n) is 16.5. The van der Waals surface area contributed by atoms with Crippen LogP contribution in [0.15, 0.2) is 65.5 Å². The number of nitrogens with zero attached hydrogens (tertiary/aromatic N) is 2. The number of carbonyl (C=O) groups excluding carboxylic acids is 1. The Morgan fingerprint density at radius 2 is 1.53 bits per heavy atom. The quantitative estimate of drug-likeness (QED) is 0.491. The average molecular weight is 454 g/mol. The van der Waals surface area contributed by atoms with E-state index in [2.05, 4.69) is 5.10 Å². The van der Waals surface area contributed by atoms with Crippen LogP contribution < -0.4 is 5.56 Å². The third kappa shape index (κ3) is 5.06. The van der Waals surface area contributed by atoms with Crippen molar-refractivity contribution in [1.82, 2.24) is 9.78 Å². The molecule has 1 unspecified atom stereocenters. The van der Waals surface area contributed by atoms with Crippen LogP contribution in [0, 0.1) is 0 Å². The van der Waals surface area contributed by atoms with Gasteiger partial charge >= 0.3 is 12.4 Å². The van der Waals surface area contributed by atoms with Gasteiger partial charge in [0.05, 0.1) is 16.8 Å². The summed E-state index contributed by atoms with van der Waals surface area (Å²) in [5.74, 6) is -0.541. The minimum Gasteiger partial charge on any atom is -0.297 e. The van der Waals surface area contributed by atoms with Crippen molar-refractivity contribution in [2.75, 3.05) is 0 Å². The largest absolute Gasteiger partial charge is 0.417 e. The Labute approximate surface area is 178 Å². The smallest absolute Gasteiger partial charge is 0.297 e. The number of hydrogen-bond donors (Lipinski definition) is 0. The summed E-state index contributed by atoms with van der Waals surface area (Å²) >= 11 is 0. The van der Waals surface area contributed by atoms with E-state index in [4.69, 9.17) is 0 Å². The molecule has 0 aliphatic heterocycles. The van der Waals surface area contributed by atoms with Crippen LogP contribution in [-0.2, 0) is 23.6 Å². The van der Waals surface area contributed by atoms with Gasteiger partial charge in [-0.2, -0.15) is 31.4 Å². The summed E-state index contributed by atoms with van der Waals surface area (Å²) in [5.41, 5.74) is -2.62. The Hall–Kier alpha value is -3.43. The Balaban J connectivity index is 1.89. The molecule has 1 atom stereocenters. The highest BCUT2D eigenvalue weighted by atomic mass is 19.4. The lowest BCUT2D eigenvalue weighted by Crippen LogP contribution is -2.31. The Morgan fingerprint density at radius 3 is 2.12 bits per heavy atom. The van der Waals surface area contributed by atoms with Gasteiger partial charge in [-0.3, -0.25) is 9.59 Å². The second-order valence-electron chi connectivity index (χ2n) is 7.06. The fourth-order valence-corrected chi connectivity index (χ4v) is 3.10. The molecule has 3 aromatic rings. The van der Waals surface area contributed by atoms with E-state index in [0.717, 1.165) is 47.1 Å². The zero-order valence-corrected chi connectivity index (χ0v) is 16.5. The van der Waals surface area contributed by atoms with E-state index in [9.17, 15) is 35.9 Å². The first kappa shape index (κ1) is 23.2. The number of aromatic nitrogens is 2. The molecular weight excluding hydrogens is 438 g/mol. The fraction of sp³-hybridized carbons (Fsp3) is 0.227. The third-order valence-electron chi connectivity index (χ3n) is 4.83. The number of benzene rings is 2. The normalized spacial score (nSPS) is 13.1. The van der Waals surface area contributed by atoms with Gasteiger partial charge < -0.3 is 0 Å². The maximum Gasteiger partial charge on any atom is 0.417 e. The average Bonchev–Trinajstić information content (AvgIpc) is 2.72. The van der Waals surface area contributed by atoms with Crippen LogP contribution in [0.5, 0.6) is 0 Å². The number of rotatable bonds is 5. The van der Waals surface area contributed by atoms with Crippen molar-refractivity contribution < 1.29 is 31.1 Å². The number of Topliss-reactive ketones (excluding diaryl/α,β-unsaturated/α-hetero) is 1. The summed E-state index contributed by atoms with van der Waals surface area (Å²) in [6, 6.07) is 9.67. The van der Waals surface area contributed by atoms with E-state index in [-0.39, 0.29) is 17.7 Å². The van der Waals surface area contributed by atoms with Crippen LogP contribution in [-0.4, -0.2) is 15.6 Å². The molecule has 0 radical (unpaired) electrons. The molecule has 32 heavy (non-hydrogen) atoms. The van der Waals surface area contributed by atoms with Crippen LogP contribution in [0.25, 0.3) is 11.3 Å². The summed E-state index contributed by atoms with van der Waals surface area (Å²) in [7, 11) is 0. The number of carbonyl (C=O) groups is 1. The molecule has 0 saturated carbocycles. The molecule has 0 amide bonds. The Bertz CT molecular complexity index is 1180. The van der Waals surface area contributed by atoms with Crippen LogP contribution in [0.4, 0.5) is 26.3 Å². The molecule has 0 aliphatic carbocycles. The van der Waals surface area contributed by atoms with E-state index in [1.807, 2.05) is 0 Å². The minimum atomic E-state index is -4.65. The van der Waals surface area contributed by atoms with Crippen LogP contribution >= 0.6 is 0 Å². The summed E-state index contributed by atoms with van der Waals surface area (Å²) in [6.07, 6.45) is -9.44. The molecule has 3 rings (SSSR count). The van der Waals surface area contributed by atoms with Crippen molar-refractivity contribution in [3.8, 4) is 11.3 Å². The second kappa shape index (κ2) is 8.60. The van der Waals surface area contributed by atoms with Crippen molar-refractivity contribution in [2.45, 2.75) is 31.7 Å².